The zero-order chi connectivity index (χ0) is 7.68. The van der Waals surface area contributed by atoms with E-state index in [9.17, 15) is 0 Å². The van der Waals surface area contributed by atoms with E-state index in [-0.39, 0.29) is 0 Å². The molecule has 1 saturated heterocycles. The van der Waals surface area contributed by atoms with E-state index in [1.165, 1.54) is 12.8 Å². The summed E-state index contributed by atoms with van der Waals surface area (Å²) in [6.45, 7) is 2.23. The van der Waals surface area contributed by atoms with E-state index < -0.39 is 0 Å². The van der Waals surface area contributed by atoms with Gasteiger partial charge in [0, 0.05) is 19.2 Å². The summed E-state index contributed by atoms with van der Waals surface area (Å²) < 4.78 is 0. The van der Waals surface area contributed by atoms with Crippen molar-refractivity contribution in [2.45, 2.75) is 12.8 Å². The third kappa shape index (κ3) is 1.15. The quantitative estimate of drug-likeness (QED) is 0.619. The number of aromatic nitrogens is 2. The summed E-state index contributed by atoms with van der Waals surface area (Å²) in [7, 11) is 0. The highest BCUT2D eigenvalue weighted by atomic mass is 15.3. The summed E-state index contributed by atoms with van der Waals surface area (Å²) in [5, 5.41) is 6.81. The Balaban J connectivity index is 2.15. The molecule has 11 heavy (non-hydrogen) atoms. The predicted octanol–water partition coefficient (Wildman–Crippen LogP) is 0.592. The van der Waals surface area contributed by atoms with Crippen LogP contribution < -0.4 is 10.6 Å². The van der Waals surface area contributed by atoms with Crippen LogP contribution in [0.25, 0.3) is 0 Å². The Kier molecular flexibility index (Phi) is 1.45. The van der Waals surface area contributed by atoms with Gasteiger partial charge in [-0.15, -0.1) is 0 Å². The molecule has 3 N–H and O–H groups in total. The number of nitrogens with two attached hydrogens (primary N) is 1. The molecule has 2 rings (SSSR count). The van der Waals surface area contributed by atoms with Gasteiger partial charge < -0.3 is 10.6 Å². The van der Waals surface area contributed by atoms with Gasteiger partial charge in [0.1, 0.15) is 5.82 Å². The Bertz CT molecular complexity index is 236. The van der Waals surface area contributed by atoms with Gasteiger partial charge in [-0.25, -0.2) is 0 Å². The van der Waals surface area contributed by atoms with Gasteiger partial charge in [0.15, 0.2) is 5.82 Å². The van der Waals surface area contributed by atoms with Crippen LogP contribution in [0.5, 0.6) is 0 Å². The second kappa shape index (κ2) is 2.45. The standard InChI is InChI=1S/C7H12N4/c8-6-5-7(10-9-6)11-3-1-2-4-11/h5H,1-4H2,(H3,8,9,10). The molecule has 1 aliphatic heterocycles. The molecule has 1 aliphatic rings. The SMILES string of the molecule is Nc1cc(N2CCCC2)n[nH]1. The highest BCUT2D eigenvalue weighted by Crippen LogP contribution is 2.18. The van der Waals surface area contributed by atoms with E-state index in [0.717, 1.165) is 18.9 Å². The summed E-state index contributed by atoms with van der Waals surface area (Å²) in [5.74, 6) is 1.63. The highest BCUT2D eigenvalue weighted by molar-refractivity contribution is 5.47. The maximum Gasteiger partial charge on any atom is 0.152 e. The number of anilines is 2. The van der Waals surface area contributed by atoms with Crippen LogP contribution in [0.2, 0.25) is 0 Å². The number of aromatic amines is 1. The fraction of sp³-hybridized carbons (Fsp3) is 0.571. The molecule has 0 amide bonds. The Labute approximate surface area is 65.4 Å². The average Bonchev–Trinajstić information content (AvgIpc) is 2.55. The Hall–Kier alpha value is -1.19. The third-order valence-corrected chi connectivity index (χ3v) is 2.01. The van der Waals surface area contributed by atoms with Crippen LogP contribution in [-0.4, -0.2) is 23.3 Å². The minimum atomic E-state index is 0.645. The van der Waals surface area contributed by atoms with Crippen molar-refractivity contribution in [3.63, 3.8) is 0 Å². The maximum atomic E-state index is 5.50. The first-order valence-corrected chi connectivity index (χ1v) is 3.92. The number of nitrogens with one attached hydrogen (secondary N) is 1. The Morgan fingerprint density at radius 3 is 2.73 bits per heavy atom. The second-order valence-electron chi connectivity index (χ2n) is 2.88. The van der Waals surface area contributed by atoms with E-state index in [2.05, 4.69) is 15.1 Å². The summed E-state index contributed by atoms with van der Waals surface area (Å²) in [4.78, 5) is 2.24. The molecule has 0 spiro atoms. The number of nitrogens with zero attached hydrogens (tertiary/aromatic N) is 2. The molecular formula is C7H12N4. The zero-order valence-electron chi connectivity index (χ0n) is 6.38. The summed E-state index contributed by atoms with van der Waals surface area (Å²) in [6.07, 6.45) is 2.54. The first-order valence-electron chi connectivity index (χ1n) is 3.92. The fourth-order valence-corrected chi connectivity index (χ4v) is 1.43. The Morgan fingerprint density at radius 2 is 2.18 bits per heavy atom. The largest absolute Gasteiger partial charge is 0.384 e. The molecule has 0 aromatic carbocycles. The monoisotopic (exact) mass is 152 g/mol. The molecule has 1 aromatic heterocycles. The Morgan fingerprint density at radius 1 is 1.45 bits per heavy atom. The molecule has 0 unspecified atom stereocenters. The van der Waals surface area contributed by atoms with Crippen molar-refractivity contribution >= 4 is 11.6 Å². The van der Waals surface area contributed by atoms with Crippen molar-refractivity contribution in [1.29, 1.82) is 0 Å². The number of H-pyrrole nitrogens is 1. The summed E-state index contributed by atoms with van der Waals surface area (Å²) in [6, 6.07) is 1.88. The van der Waals surface area contributed by atoms with Gasteiger partial charge in [-0.2, -0.15) is 5.10 Å². The van der Waals surface area contributed by atoms with E-state index >= 15 is 0 Å². The lowest BCUT2D eigenvalue weighted by atomic mass is 10.4. The topological polar surface area (TPSA) is 57.9 Å². The van der Waals surface area contributed by atoms with Gasteiger partial charge in [0.25, 0.3) is 0 Å². The van der Waals surface area contributed by atoms with Crippen molar-refractivity contribution in [2.75, 3.05) is 23.7 Å². The maximum absolute atomic E-state index is 5.50. The molecule has 1 fully saturated rings. The lowest BCUT2D eigenvalue weighted by Crippen LogP contribution is -2.17. The van der Waals surface area contributed by atoms with Crippen molar-refractivity contribution in [1.82, 2.24) is 10.2 Å². The third-order valence-electron chi connectivity index (χ3n) is 2.01. The van der Waals surface area contributed by atoms with Crippen LogP contribution in [0.3, 0.4) is 0 Å². The first-order chi connectivity index (χ1) is 5.36. The predicted molar refractivity (Wildman–Crippen MR) is 44.4 cm³/mol. The van der Waals surface area contributed by atoms with Gasteiger partial charge in [-0.3, -0.25) is 5.10 Å². The van der Waals surface area contributed by atoms with Gasteiger partial charge >= 0.3 is 0 Å². The van der Waals surface area contributed by atoms with Crippen molar-refractivity contribution in [3.05, 3.63) is 6.07 Å². The van der Waals surface area contributed by atoms with Crippen LogP contribution in [0.15, 0.2) is 6.07 Å². The number of hydrogen-bond donors (Lipinski definition) is 2. The number of rotatable bonds is 1. The second-order valence-corrected chi connectivity index (χ2v) is 2.88. The van der Waals surface area contributed by atoms with Crippen molar-refractivity contribution < 1.29 is 0 Å². The molecule has 1 aromatic rings. The number of nitrogen functional groups attached to an aromatic ring is 1. The van der Waals surface area contributed by atoms with Gasteiger partial charge in [0.2, 0.25) is 0 Å². The lowest BCUT2D eigenvalue weighted by molar-refractivity contribution is 0.921. The minimum absolute atomic E-state index is 0.645. The minimum Gasteiger partial charge on any atom is -0.384 e. The molecule has 2 heterocycles. The highest BCUT2D eigenvalue weighted by Gasteiger charge is 2.13. The van der Waals surface area contributed by atoms with Crippen LogP contribution in [0.4, 0.5) is 11.6 Å². The lowest BCUT2D eigenvalue weighted by Gasteiger charge is -2.12. The number of hydrogen-bond acceptors (Lipinski definition) is 3. The molecule has 0 radical (unpaired) electrons. The summed E-state index contributed by atoms with van der Waals surface area (Å²) in [5.41, 5.74) is 5.50. The summed E-state index contributed by atoms with van der Waals surface area (Å²) >= 11 is 0. The molecule has 0 saturated carbocycles. The molecule has 4 nitrogen and oxygen atoms in total. The molecule has 0 bridgehead atoms. The van der Waals surface area contributed by atoms with Gasteiger partial charge in [0.05, 0.1) is 0 Å². The average molecular weight is 152 g/mol. The van der Waals surface area contributed by atoms with Crippen LogP contribution in [-0.2, 0) is 0 Å². The van der Waals surface area contributed by atoms with E-state index in [4.69, 9.17) is 5.73 Å². The molecule has 60 valence electrons. The van der Waals surface area contributed by atoms with E-state index in [0.29, 0.717) is 5.82 Å². The van der Waals surface area contributed by atoms with Crippen LogP contribution >= 0.6 is 0 Å². The molecule has 0 atom stereocenters. The van der Waals surface area contributed by atoms with Crippen LogP contribution in [0.1, 0.15) is 12.8 Å². The smallest absolute Gasteiger partial charge is 0.152 e. The van der Waals surface area contributed by atoms with Gasteiger partial charge in [-0.05, 0) is 12.8 Å². The molecule has 4 heteroatoms. The van der Waals surface area contributed by atoms with Crippen LogP contribution in [0, 0.1) is 0 Å². The first kappa shape index (κ1) is 6.52. The zero-order valence-corrected chi connectivity index (χ0v) is 6.38. The van der Waals surface area contributed by atoms with E-state index in [1.807, 2.05) is 6.07 Å². The van der Waals surface area contributed by atoms with E-state index in [1.54, 1.807) is 0 Å². The molecule has 0 aliphatic carbocycles. The normalized spacial score (nSPS) is 17.6. The van der Waals surface area contributed by atoms with Crippen molar-refractivity contribution in [3.8, 4) is 0 Å². The van der Waals surface area contributed by atoms with Gasteiger partial charge in [-0.1, -0.05) is 0 Å². The van der Waals surface area contributed by atoms with Crippen molar-refractivity contribution in [2.24, 2.45) is 0 Å². The fourth-order valence-electron chi connectivity index (χ4n) is 1.43. The molecular weight excluding hydrogens is 140 g/mol.